The fourth-order valence-electron chi connectivity index (χ4n) is 0.601. The highest BCUT2D eigenvalue weighted by molar-refractivity contribution is 5.75. The number of rotatable bonds is 5. The Morgan fingerprint density at radius 1 is 1.55 bits per heavy atom. The molecule has 0 aromatic rings. The summed E-state index contributed by atoms with van der Waals surface area (Å²) < 4.78 is 0. The molecule has 0 spiro atoms. The molecule has 0 aromatic heterocycles. The summed E-state index contributed by atoms with van der Waals surface area (Å²) in [6, 6.07) is -0.129. The molecule has 0 saturated carbocycles. The standard InChI is InChI=1S/C6H14N4O/c7-5(2-4-11)1-3-10-6(8)9/h4-5H,1-3,7H2,(H4,8,9,10)/t5-/m1/s1. The van der Waals surface area contributed by atoms with Crippen molar-refractivity contribution in [3.63, 3.8) is 0 Å². The van der Waals surface area contributed by atoms with E-state index in [0.29, 0.717) is 19.4 Å². The van der Waals surface area contributed by atoms with Gasteiger partial charge in [0, 0.05) is 19.0 Å². The van der Waals surface area contributed by atoms with E-state index in [1.807, 2.05) is 0 Å². The summed E-state index contributed by atoms with van der Waals surface area (Å²) in [6.07, 6.45) is 1.79. The van der Waals surface area contributed by atoms with Crippen LogP contribution in [0.3, 0.4) is 0 Å². The van der Waals surface area contributed by atoms with Gasteiger partial charge in [-0.3, -0.25) is 4.99 Å². The average Bonchev–Trinajstić information content (AvgIpc) is 1.87. The Kier molecular flexibility index (Phi) is 5.10. The fourth-order valence-corrected chi connectivity index (χ4v) is 0.601. The number of carbonyl (C=O) groups is 1. The third-order valence-electron chi connectivity index (χ3n) is 1.19. The number of hydrogen-bond donors (Lipinski definition) is 3. The maximum atomic E-state index is 9.95. The molecule has 0 aliphatic rings. The van der Waals surface area contributed by atoms with Gasteiger partial charge in [-0.2, -0.15) is 0 Å². The van der Waals surface area contributed by atoms with Crippen LogP contribution in [0.15, 0.2) is 4.99 Å². The minimum atomic E-state index is -0.129. The number of nitrogens with zero attached hydrogens (tertiary/aromatic N) is 1. The van der Waals surface area contributed by atoms with Gasteiger partial charge in [-0.15, -0.1) is 0 Å². The zero-order valence-electron chi connectivity index (χ0n) is 6.36. The van der Waals surface area contributed by atoms with Crippen molar-refractivity contribution in [3.05, 3.63) is 0 Å². The van der Waals surface area contributed by atoms with Crippen LogP contribution in [0.5, 0.6) is 0 Å². The van der Waals surface area contributed by atoms with Crippen LogP contribution in [0.4, 0.5) is 0 Å². The molecule has 0 aliphatic carbocycles. The summed E-state index contributed by atoms with van der Waals surface area (Å²) in [4.78, 5) is 13.7. The summed E-state index contributed by atoms with van der Waals surface area (Å²) in [5, 5.41) is 0. The summed E-state index contributed by atoms with van der Waals surface area (Å²) in [7, 11) is 0. The van der Waals surface area contributed by atoms with Crippen molar-refractivity contribution in [3.8, 4) is 0 Å². The Hall–Kier alpha value is -1.10. The van der Waals surface area contributed by atoms with E-state index in [1.165, 1.54) is 0 Å². The molecule has 0 fully saturated rings. The van der Waals surface area contributed by atoms with Crippen LogP contribution in [-0.2, 0) is 4.79 Å². The highest BCUT2D eigenvalue weighted by atomic mass is 16.1. The van der Waals surface area contributed by atoms with E-state index in [9.17, 15) is 4.79 Å². The summed E-state index contributed by atoms with van der Waals surface area (Å²) >= 11 is 0. The van der Waals surface area contributed by atoms with Crippen molar-refractivity contribution < 1.29 is 4.79 Å². The molecule has 0 unspecified atom stereocenters. The SMILES string of the molecule is NC(N)=NCC[C@@H](N)CC=O. The van der Waals surface area contributed by atoms with Gasteiger partial charge in [0.25, 0.3) is 0 Å². The zero-order valence-corrected chi connectivity index (χ0v) is 6.36. The van der Waals surface area contributed by atoms with Gasteiger partial charge < -0.3 is 22.0 Å². The largest absolute Gasteiger partial charge is 0.370 e. The maximum absolute atomic E-state index is 9.95. The molecule has 11 heavy (non-hydrogen) atoms. The number of hydrogen-bond acceptors (Lipinski definition) is 3. The van der Waals surface area contributed by atoms with Gasteiger partial charge in [-0.05, 0) is 6.42 Å². The van der Waals surface area contributed by atoms with Crippen molar-refractivity contribution >= 4 is 12.2 Å². The van der Waals surface area contributed by atoms with Gasteiger partial charge in [0.1, 0.15) is 6.29 Å². The Bertz CT molecular complexity index is 142. The Morgan fingerprint density at radius 2 is 2.18 bits per heavy atom. The first-order chi connectivity index (χ1) is 5.16. The van der Waals surface area contributed by atoms with Crippen molar-refractivity contribution in [2.45, 2.75) is 18.9 Å². The Labute approximate surface area is 65.6 Å². The molecular formula is C6H14N4O. The van der Waals surface area contributed by atoms with Crippen LogP contribution >= 0.6 is 0 Å². The molecule has 0 bridgehead atoms. The van der Waals surface area contributed by atoms with Gasteiger partial charge in [0.05, 0.1) is 0 Å². The molecule has 0 aromatic carbocycles. The molecule has 5 heteroatoms. The van der Waals surface area contributed by atoms with Crippen LogP contribution in [0.25, 0.3) is 0 Å². The molecule has 0 heterocycles. The smallest absolute Gasteiger partial charge is 0.185 e. The molecular weight excluding hydrogens is 144 g/mol. The van der Waals surface area contributed by atoms with Crippen molar-refractivity contribution in [2.24, 2.45) is 22.2 Å². The highest BCUT2D eigenvalue weighted by Crippen LogP contribution is 1.91. The Morgan fingerprint density at radius 3 is 2.64 bits per heavy atom. The third-order valence-corrected chi connectivity index (χ3v) is 1.19. The van der Waals surface area contributed by atoms with Crippen LogP contribution in [0.1, 0.15) is 12.8 Å². The lowest BCUT2D eigenvalue weighted by molar-refractivity contribution is -0.108. The predicted molar refractivity (Wildman–Crippen MR) is 44.0 cm³/mol. The maximum Gasteiger partial charge on any atom is 0.185 e. The van der Waals surface area contributed by atoms with Gasteiger partial charge in [-0.1, -0.05) is 0 Å². The molecule has 0 radical (unpaired) electrons. The summed E-state index contributed by atoms with van der Waals surface area (Å²) in [5.74, 6) is 0.0586. The molecule has 1 atom stereocenters. The van der Waals surface area contributed by atoms with E-state index in [1.54, 1.807) is 0 Å². The van der Waals surface area contributed by atoms with Crippen molar-refractivity contribution in [1.29, 1.82) is 0 Å². The van der Waals surface area contributed by atoms with Gasteiger partial charge in [0.2, 0.25) is 0 Å². The van der Waals surface area contributed by atoms with E-state index in [4.69, 9.17) is 17.2 Å². The van der Waals surface area contributed by atoms with Gasteiger partial charge in [0.15, 0.2) is 5.96 Å². The number of carbonyl (C=O) groups excluding carboxylic acids is 1. The minimum Gasteiger partial charge on any atom is -0.370 e. The number of aldehydes is 1. The van der Waals surface area contributed by atoms with Gasteiger partial charge >= 0.3 is 0 Å². The van der Waals surface area contributed by atoms with E-state index >= 15 is 0 Å². The lowest BCUT2D eigenvalue weighted by Crippen LogP contribution is -2.25. The van der Waals surface area contributed by atoms with Crippen LogP contribution in [0.2, 0.25) is 0 Å². The fraction of sp³-hybridized carbons (Fsp3) is 0.667. The lowest BCUT2D eigenvalue weighted by atomic mass is 10.2. The first-order valence-corrected chi connectivity index (χ1v) is 3.41. The van der Waals surface area contributed by atoms with E-state index in [-0.39, 0.29) is 12.0 Å². The van der Waals surface area contributed by atoms with Crippen molar-refractivity contribution in [1.82, 2.24) is 0 Å². The van der Waals surface area contributed by atoms with E-state index in [0.717, 1.165) is 6.29 Å². The molecule has 0 rings (SSSR count). The quantitative estimate of drug-likeness (QED) is 0.259. The molecule has 0 saturated heterocycles. The normalized spacial score (nSPS) is 12.1. The number of aliphatic imine (C=N–C) groups is 1. The first kappa shape index (κ1) is 9.90. The van der Waals surface area contributed by atoms with Crippen LogP contribution in [-0.4, -0.2) is 24.8 Å². The number of nitrogens with two attached hydrogens (primary N) is 3. The van der Waals surface area contributed by atoms with Crippen LogP contribution < -0.4 is 17.2 Å². The van der Waals surface area contributed by atoms with E-state index < -0.39 is 0 Å². The monoisotopic (exact) mass is 158 g/mol. The van der Waals surface area contributed by atoms with Gasteiger partial charge in [-0.25, -0.2) is 0 Å². The lowest BCUT2D eigenvalue weighted by Gasteiger charge is -2.03. The second-order valence-electron chi connectivity index (χ2n) is 2.26. The van der Waals surface area contributed by atoms with Crippen LogP contribution in [0, 0.1) is 0 Å². The molecule has 6 N–H and O–H groups in total. The average molecular weight is 158 g/mol. The van der Waals surface area contributed by atoms with E-state index in [2.05, 4.69) is 4.99 Å². The molecule has 0 aliphatic heterocycles. The zero-order chi connectivity index (χ0) is 8.69. The second-order valence-corrected chi connectivity index (χ2v) is 2.26. The molecule has 0 amide bonds. The summed E-state index contributed by atoms with van der Waals surface area (Å²) in [5.41, 5.74) is 15.6. The third kappa shape index (κ3) is 6.79. The predicted octanol–water partition coefficient (Wildman–Crippen LogP) is -1.43. The molecule has 5 nitrogen and oxygen atoms in total. The number of guanidine groups is 1. The second kappa shape index (κ2) is 5.67. The topological polar surface area (TPSA) is 107 Å². The molecule has 64 valence electrons. The highest BCUT2D eigenvalue weighted by Gasteiger charge is 1.99. The Balaban J connectivity index is 3.38. The minimum absolute atomic E-state index is 0.0586. The first-order valence-electron chi connectivity index (χ1n) is 3.41. The van der Waals surface area contributed by atoms with Crippen molar-refractivity contribution in [2.75, 3.05) is 6.54 Å². The summed E-state index contributed by atoms with van der Waals surface area (Å²) in [6.45, 7) is 0.483.